The summed E-state index contributed by atoms with van der Waals surface area (Å²) in [5.41, 5.74) is 2.04. The van der Waals surface area contributed by atoms with E-state index in [1.165, 1.54) is 11.0 Å². The minimum absolute atomic E-state index is 0.304. The number of methoxy groups -OCH3 is 1. The molecule has 0 spiro atoms. The molecular formula is C22H25N7O4. The molecule has 2 aromatic heterocycles. The Kier molecular flexibility index (Phi) is 5.81. The van der Waals surface area contributed by atoms with E-state index in [1.54, 1.807) is 44.4 Å². The Hall–Kier alpha value is -3.86. The van der Waals surface area contributed by atoms with Crippen LogP contribution >= 0.6 is 0 Å². The van der Waals surface area contributed by atoms with E-state index in [4.69, 9.17) is 4.74 Å². The summed E-state index contributed by atoms with van der Waals surface area (Å²) in [6.07, 6.45) is 1.44. The number of nitrogens with zero attached hydrogens (tertiary/aromatic N) is 6. The number of ketones is 1. The van der Waals surface area contributed by atoms with Gasteiger partial charge >= 0.3 is 6.03 Å². The molecule has 11 nitrogen and oxygen atoms in total. The molecule has 1 aliphatic heterocycles. The van der Waals surface area contributed by atoms with Crippen molar-refractivity contribution in [1.82, 2.24) is 35.0 Å². The average molecular weight is 451 g/mol. The largest absolute Gasteiger partial charge is 0.383 e. The highest BCUT2D eigenvalue weighted by Gasteiger charge is 2.49. The summed E-state index contributed by atoms with van der Waals surface area (Å²) in [7, 11) is 1.62. The maximum Gasteiger partial charge on any atom is 0.325 e. The van der Waals surface area contributed by atoms with Gasteiger partial charge in [0.05, 0.1) is 18.8 Å². The van der Waals surface area contributed by atoms with Crippen LogP contribution in [0, 0.1) is 13.8 Å². The molecular weight excluding hydrogens is 426 g/mol. The average Bonchev–Trinajstić information content (AvgIpc) is 3.48. The van der Waals surface area contributed by atoms with Gasteiger partial charge in [-0.15, -0.1) is 5.10 Å². The molecule has 1 N–H and O–H groups in total. The lowest BCUT2D eigenvalue weighted by atomic mass is 9.91. The lowest BCUT2D eigenvalue weighted by Crippen LogP contribution is -2.41. The van der Waals surface area contributed by atoms with Crippen LogP contribution in [0.3, 0.4) is 0 Å². The monoisotopic (exact) mass is 451 g/mol. The zero-order valence-electron chi connectivity index (χ0n) is 18.9. The Balaban J connectivity index is 1.57. The van der Waals surface area contributed by atoms with Crippen LogP contribution in [0.1, 0.15) is 34.2 Å². The minimum atomic E-state index is -1.32. The molecule has 3 amide bonds. The number of hydrogen-bond donors (Lipinski definition) is 1. The van der Waals surface area contributed by atoms with Crippen molar-refractivity contribution in [3.63, 3.8) is 0 Å². The van der Waals surface area contributed by atoms with Gasteiger partial charge in [0, 0.05) is 30.6 Å². The standard InChI is InChI=1S/C22H25N7O4/c1-14-10-18(15(2)27(14)8-9-33-4)19(30)12-28-20(31)22(3,24-21(28)32)16-6-5-7-17(11-16)29-13-23-25-26-29/h5-7,10-11,13H,8-9,12H2,1-4H3,(H,24,32)/t22-/m1/s1. The number of carbonyl (C=O) groups excluding carboxylic acids is 3. The van der Waals surface area contributed by atoms with Crippen LogP contribution in [-0.4, -0.2) is 67.7 Å². The van der Waals surface area contributed by atoms with Crippen molar-refractivity contribution in [2.45, 2.75) is 32.9 Å². The van der Waals surface area contributed by atoms with Crippen molar-refractivity contribution in [1.29, 1.82) is 0 Å². The van der Waals surface area contributed by atoms with Gasteiger partial charge in [-0.1, -0.05) is 12.1 Å². The van der Waals surface area contributed by atoms with Gasteiger partial charge in [-0.3, -0.25) is 14.5 Å². The molecule has 0 aliphatic carbocycles. The number of Topliss-reactive ketones (excluding diaryl/α,β-unsaturated/α-hetero) is 1. The van der Waals surface area contributed by atoms with Crippen LogP contribution in [0.15, 0.2) is 36.7 Å². The molecule has 1 aliphatic rings. The molecule has 1 saturated heterocycles. The topological polar surface area (TPSA) is 124 Å². The number of aryl methyl sites for hydroxylation is 1. The van der Waals surface area contributed by atoms with Gasteiger partial charge < -0.3 is 14.6 Å². The normalized spacial score (nSPS) is 18.1. The van der Waals surface area contributed by atoms with E-state index in [-0.39, 0.29) is 12.3 Å². The summed E-state index contributed by atoms with van der Waals surface area (Å²) < 4.78 is 8.57. The predicted octanol–water partition coefficient (Wildman–Crippen LogP) is 1.38. The molecule has 11 heteroatoms. The molecule has 1 fully saturated rings. The molecule has 0 radical (unpaired) electrons. The first-order chi connectivity index (χ1) is 15.8. The van der Waals surface area contributed by atoms with Crippen molar-refractivity contribution in [3.05, 3.63) is 59.2 Å². The van der Waals surface area contributed by atoms with Gasteiger partial charge in [-0.05, 0) is 55.0 Å². The molecule has 3 aromatic rings. The van der Waals surface area contributed by atoms with Crippen LogP contribution in [0.25, 0.3) is 5.69 Å². The highest BCUT2D eigenvalue weighted by atomic mass is 16.5. The number of aromatic nitrogens is 5. The van der Waals surface area contributed by atoms with Crippen LogP contribution in [0.2, 0.25) is 0 Å². The Bertz CT molecular complexity index is 1220. The molecule has 172 valence electrons. The van der Waals surface area contributed by atoms with Crippen molar-refractivity contribution in [3.8, 4) is 5.69 Å². The summed E-state index contributed by atoms with van der Waals surface area (Å²) in [6.45, 7) is 6.14. The minimum Gasteiger partial charge on any atom is -0.383 e. The second-order valence-corrected chi connectivity index (χ2v) is 8.10. The number of nitrogens with one attached hydrogen (secondary N) is 1. The number of benzene rings is 1. The van der Waals surface area contributed by atoms with Crippen molar-refractivity contribution >= 4 is 17.7 Å². The van der Waals surface area contributed by atoms with E-state index in [0.717, 1.165) is 16.3 Å². The van der Waals surface area contributed by atoms with Gasteiger partial charge in [0.1, 0.15) is 11.9 Å². The number of urea groups is 1. The number of tetrazole rings is 1. The van der Waals surface area contributed by atoms with Gasteiger partial charge in [0.2, 0.25) is 0 Å². The second kappa shape index (κ2) is 8.58. The van der Waals surface area contributed by atoms with E-state index < -0.39 is 17.5 Å². The van der Waals surface area contributed by atoms with E-state index in [1.807, 2.05) is 18.4 Å². The highest BCUT2D eigenvalue weighted by molar-refractivity contribution is 6.11. The van der Waals surface area contributed by atoms with Gasteiger partial charge in [-0.2, -0.15) is 0 Å². The van der Waals surface area contributed by atoms with Gasteiger partial charge in [0.25, 0.3) is 5.91 Å². The lowest BCUT2D eigenvalue weighted by Gasteiger charge is -2.22. The molecule has 1 aromatic carbocycles. The van der Waals surface area contributed by atoms with Gasteiger partial charge in [-0.25, -0.2) is 9.48 Å². The summed E-state index contributed by atoms with van der Waals surface area (Å²) in [5, 5.41) is 13.8. The third kappa shape index (κ3) is 3.91. The fourth-order valence-corrected chi connectivity index (χ4v) is 4.11. The molecule has 33 heavy (non-hydrogen) atoms. The molecule has 3 heterocycles. The second-order valence-electron chi connectivity index (χ2n) is 8.10. The Labute approximate surface area is 190 Å². The molecule has 4 rings (SSSR count). The maximum atomic E-state index is 13.3. The zero-order valence-corrected chi connectivity index (χ0v) is 18.9. The van der Waals surface area contributed by atoms with E-state index in [2.05, 4.69) is 20.8 Å². The van der Waals surface area contributed by atoms with E-state index in [9.17, 15) is 14.4 Å². The van der Waals surface area contributed by atoms with Crippen molar-refractivity contribution in [2.75, 3.05) is 20.3 Å². The summed E-state index contributed by atoms with van der Waals surface area (Å²) in [6, 6.07) is 8.16. The molecule has 0 bridgehead atoms. The fraction of sp³-hybridized carbons (Fsp3) is 0.364. The Morgan fingerprint density at radius 3 is 2.70 bits per heavy atom. The number of rotatable bonds is 8. The number of carbonyl (C=O) groups is 3. The van der Waals surface area contributed by atoms with Crippen LogP contribution in [0.4, 0.5) is 4.79 Å². The maximum absolute atomic E-state index is 13.3. The molecule has 0 unspecified atom stereocenters. The first kappa shape index (κ1) is 22.3. The number of hydrogen-bond acceptors (Lipinski definition) is 7. The smallest absolute Gasteiger partial charge is 0.325 e. The van der Waals surface area contributed by atoms with Crippen molar-refractivity contribution < 1.29 is 19.1 Å². The zero-order chi connectivity index (χ0) is 23.8. The first-order valence-corrected chi connectivity index (χ1v) is 10.4. The van der Waals surface area contributed by atoms with Crippen LogP contribution < -0.4 is 5.32 Å². The van der Waals surface area contributed by atoms with Gasteiger partial charge in [0.15, 0.2) is 5.78 Å². The number of imide groups is 1. The highest BCUT2D eigenvalue weighted by Crippen LogP contribution is 2.30. The predicted molar refractivity (Wildman–Crippen MR) is 117 cm³/mol. The summed E-state index contributed by atoms with van der Waals surface area (Å²) in [5.74, 6) is -0.801. The van der Waals surface area contributed by atoms with Crippen LogP contribution in [-0.2, 0) is 21.6 Å². The first-order valence-electron chi connectivity index (χ1n) is 10.4. The summed E-state index contributed by atoms with van der Waals surface area (Å²) in [4.78, 5) is 40.1. The fourth-order valence-electron chi connectivity index (χ4n) is 4.11. The van der Waals surface area contributed by atoms with E-state index >= 15 is 0 Å². The SMILES string of the molecule is COCCn1c(C)cc(C(=O)CN2C(=O)N[C@](C)(c3cccc(-n4cnnn4)c3)C2=O)c1C. The Morgan fingerprint density at radius 2 is 2.00 bits per heavy atom. The number of ether oxygens (including phenoxy) is 1. The quantitative estimate of drug-likeness (QED) is 0.405. The summed E-state index contributed by atoms with van der Waals surface area (Å²) >= 11 is 0. The molecule has 1 atom stereocenters. The Morgan fingerprint density at radius 1 is 1.21 bits per heavy atom. The molecule has 0 saturated carbocycles. The third-order valence-corrected chi connectivity index (χ3v) is 6.01. The lowest BCUT2D eigenvalue weighted by molar-refractivity contribution is -0.130. The van der Waals surface area contributed by atoms with E-state index in [0.29, 0.717) is 30.0 Å². The van der Waals surface area contributed by atoms with Crippen LogP contribution in [0.5, 0.6) is 0 Å². The van der Waals surface area contributed by atoms with Crippen molar-refractivity contribution in [2.24, 2.45) is 0 Å². The third-order valence-electron chi connectivity index (χ3n) is 6.01. The number of amides is 3.